The van der Waals surface area contributed by atoms with Crippen molar-refractivity contribution in [3.05, 3.63) is 194 Å². The van der Waals surface area contributed by atoms with Gasteiger partial charge in [-0.05, 0) is 71.4 Å². The first kappa shape index (κ1) is 30.3. The number of benzene rings is 8. The number of hydrogen-bond acceptors (Lipinski definition) is 2. The van der Waals surface area contributed by atoms with Gasteiger partial charge in [0.2, 0.25) is 0 Å². The van der Waals surface area contributed by atoms with Gasteiger partial charge in [0.05, 0.1) is 33.5 Å². The molecule has 11 rings (SSSR count). The molecule has 4 heteroatoms. The van der Waals surface area contributed by atoms with Crippen molar-refractivity contribution in [2.24, 2.45) is 0 Å². The predicted octanol–water partition coefficient (Wildman–Crippen LogP) is 12.8. The molecule has 54 heavy (non-hydrogen) atoms. The van der Waals surface area contributed by atoms with Crippen LogP contribution in [0.1, 0.15) is 0 Å². The average molecular weight is 689 g/mol. The molecule has 0 N–H and O–H groups in total. The fraction of sp³-hybridized carbons (Fsp3) is 0. The van der Waals surface area contributed by atoms with Gasteiger partial charge < -0.3 is 9.13 Å². The van der Waals surface area contributed by atoms with E-state index in [1.54, 1.807) is 0 Å². The molecule has 0 atom stereocenters. The third kappa shape index (κ3) is 4.78. The molecule has 0 aliphatic carbocycles. The van der Waals surface area contributed by atoms with Crippen molar-refractivity contribution in [2.45, 2.75) is 0 Å². The first-order valence-electron chi connectivity index (χ1n) is 18.3. The van der Waals surface area contributed by atoms with Crippen molar-refractivity contribution in [1.82, 2.24) is 19.1 Å². The summed E-state index contributed by atoms with van der Waals surface area (Å²) < 4.78 is 4.82. The van der Waals surface area contributed by atoms with E-state index in [0.717, 1.165) is 44.8 Å². The van der Waals surface area contributed by atoms with Crippen molar-refractivity contribution in [1.29, 1.82) is 0 Å². The zero-order valence-corrected chi connectivity index (χ0v) is 29.3. The Balaban J connectivity index is 1.12. The minimum atomic E-state index is 0.705. The van der Waals surface area contributed by atoms with E-state index in [1.807, 2.05) is 12.1 Å². The van der Waals surface area contributed by atoms with Crippen molar-refractivity contribution in [3.8, 4) is 45.3 Å². The van der Waals surface area contributed by atoms with Gasteiger partial charge in [0.25, 0.3) is 0 Å². The molecule has 11 aromatic rings. The van der Waals surface area contributed by atoms with E-state index in [-0.39, 0.29) is 0 Å². The molecule has 0 unspecified atom stereocenters. The van der Waals surface area contributed by atoms with Crippen LogP contribution in [-0.2, 0) is 0 Å². The van der Waals surface area contributed by atoms with Crippen LogP contribution in [0.2, 0.25) is 0 Å². The van der Waals surface area contributed by atoms with Crippen molar-refractivity contribution in [2.75, 3.05) is 0 Å². The molecular formula is C50H32N4. The Kier molecular flexibility index (Phi) is 6.82. The monoisotopic (exact) mass is 688 g/mol. The molecule has 252 valence electrons. The Labute approximate surface area is 311 Å². The summed E-state index contributed by atoms with van der Waals surface area (Å²) in [7, 11) is 0. The highest BCUT2D eigenvalue weighted by molar-refractivity contribution is 6.29. The quantitative estimate of drug-likeness (QED) is 0.180. The van der Waals surface area contributed by atoms with Crippen LogP contribution in [0.25, 0.3) is 99.7 Å². The van der Waals surface area contributed by atoms with Crippen LogP contribution in [0.5, 0.6) is 0 Å². The Morgan fingerprint density at radius 2 is 0.815 bits per heavy atom. The van der Waals surface area contributed by atoms with Gasteiger partial charge in [0, 0.05) is 49.6 Å². The van der Waals surface area contributed by atoms with E-state index in [1.165, 1.54) is 49.0 Å². The van der Waals surface area contributed by atoms with Crippen LogP contribution >= 0.6 is 0 Å². The van der Waals surface area contributed by atoms with E-state index >= 15 is 0 Å². The number of para-hydroxylation sites is 3. The Morgan fingerprint density at radius 3 is 1.41 bits per heavy atom. The third-order valence-electron chi connectivity index (χ3n) is 10.7. The smallest absolute Gasteiger partial charge is 0.160 e. The number of rotatable bonds is 5. The molecule has 0 saturated heterocycles. The zero-order valence-electron chi connectivity index (χ0n) is 29.3. The van der Waals surface area contributed by atoms with E-state index in [0.29, 0.717) is 5.82 Å². The topological polar surface area (TPSA) is 35.6 Å². The zero-order chi connectivity index (χ0) is 35.6. The number of aromatic nitrogens is 4. The Hall–Kier alpha value is -7.30. The largest absolute Gasteiger partial charge is 0.309 e. The molecular weight excluding hydrogens is 657 g/mol. The molecule has 0 amide bonds. The Morgan fingerprint density at radius 1 is 0.315 bits per heavy atom. The first-order chi connectivity index (χ1) is 26.8. The van der Waals surface area contributed by atoms with E-state index in [4.69, 9.17) is 9.97 Å². The lowest BCUT2D eigenvalue weighted by molar-refractivity contribution is 1.17. The van der Waals surface area contributed by atoms with Crippen molar-refractivity contribution < 1.29 is 0 Å². The summed E-state index contributed by atoms with van der Waals surface area (Å²) in [6, 6.07) is 69.0. The second-order valence-corrected chi connectivity index (χ2v) is 13.8. The van der Waals surface area contributed by atoms with Crippen molar-refractivity contribution in [3.63, 3.8) is 0 Å². The number of fused-ring (bicyclic) bond motifs is 8. The molecule has 0 bridgehead atoms. The summed E-state index contributed by atoms with van der Waals surface area (Å²) in [5, 5.41) is 7.33. The lowest BCUT2D eigenvalue weighted by atomic mass is 10.0. The van der Waals surface area contributed by atoms with Gasteiger partial charge in [0.15, 0.2) is 5.82 Å². The lowest BCUT2D eigenvalue weighted by Crippen LogP contribution is -1.96. The summed E-state index contributed by atoms with van der Waals surface area (Å²) in [6.07, 6.45) is 0. The SMILES string of the molecule is c1ccc(-c2cc(-c3ccccc3)nc(-c3ccc4ccc(-n5c6ccccc6c6c7c8ccccc8n(-c8ccccc8)c7ccc65)cc4c3)n2)cc1. The highest BCUT2D eigenvalue weighted by atomic mass is 15.0. The van der Waals surface area contributed by atoms with Gasteiger partial charge in [-0.3, -0.25) is 0 Å². The maximum Gasteiger partial charge on any atom is 0.160 e. The van der Waals surface area contributed by atoms with Gasteiger partial charge >= 0.3 is 0 Å². The summed E-state index contributed by atoms with van der Waals surface area (Å²) in [4.78, 5) is 10.2. The van der Waals surface area contributed by atoms with Gasteiger partial charge in [-0.2, -0.15) is 0 Å². The van der Waals surface area contributed by atoms with Crippen LogP contribution in [0.4, 0.5) is 0 Å². The molecule has 0 saturated carbocycles. The molecule has 4 nitrogen and oxygen atoms in total. The molecule has 0 aliphatic heterocycles. The fourth-order valence-electron chi connectivity index (χ4n) is 8.25. The van der Waals surface area contributed by atoms with Crippen LogP contribution in [-0.4, -0.2) is 19.1 Å². The van der Waals surface area contributed by atoms with E-state index in [9.17, 15) is 0 Å². The van der Waals surface area contributed by atoms with Gasteiger partial charge in [-0.1, -0.05) is 133 Å². The van der Waals surface area contributed by atoms with Crippen LogP contribution in [0.3, 0.4) is 0 Å². The molecule has 0 aliphatic rings. The lowest BCUT2D eigenvalue weighted by Gasteiger charge is -2.12. The minimum Gasteiger partial charge on any atom is -0.309 e. The summed E-state index contributed by atoms with van der Waals surface area (Å²) in [5.74, 6) is 0.705. The summed E-state index contributed by atoms with van der Waals surface area (Å²) in [5.41, 5.74) is 11.9. The van der Waals surface area contributed by atoms with Crippen molar-refractivity contribution >= 4 is 54.4 Å². The van der Waals surface area contributed by atoms with Gasteiger partial charge in [-0.15, -0.1) is 0 Å². The molecule has 3 aromatic heterocycles. The van der Waals surface area contributed by atoms with E-state index in [2.05, 4.69) is 191 Å². The second-order valence-electron chi connectivity index (χ2n) is 13.8. The molecule has 0 spiro atoms. The van der Waals surface area contributed by atoms with Crippen LogP contribution in [0, 0.1) is 0 Å². The number of hydrogen-bond donors (Lipinski definition) is 0. The fourth-order valence-corrected chi connectivity index (χ4v) is 8.25. The van der Waals surface area contributed by atoms with Gasteiger partial charge in [0.1, 0.15) is 0 Å². The molecule has 8 aromatic carbocycles. The third-order valence-corrected chi connectivity index (χ3v) is 10.7. The van der Waals surface area contributed by atoms with Crippen LogP contribution in [0.15, 0.2) is 194 Å². The normalized spacial score (nSPS) is 11.7. The minimum absolute atomic E-state index is 0.705. The summed E-state index contributed by atoms with van der Waals surface area (Å²) in [6.45, 7) is 0. The maximum atomic E-state index is 5.12. The highest BCUT2D eigenvalue weighted by Gasteiger charge is 2.20. The van der Waals surface area contributed by atoms with E-state index < -0.39 is 0 Å². The van der Waals surface area contributed by atoms with Crippen LogP contribution < -0.4 is 0 Å². The maximum absolute atomic E-state index is 5.12. The first-order valence-corrected chi connectivity index (χ1v) is 18.3. The van der Waals surface area contributed by atoms with Gasteiger partial charge in [-0.25, -0.2) is 9.97 Å². The predicted molar refractivity (Wildman–Crippen MR) is 225 cm³/mol. The molecule has 0 fully saturated rings. The number of nitrogens with zero attached hydrogens (tertiary/aromatic N) is 4. The highest BCUT2D eigenvalue weighted by Crippen LogP contribution is 2.42. The Bertz CT molecular complexity index is 3140. The molecule has 0 radical (unpaired) electrons. The summed E-state index contributed by atoms with van der Waals surface area (Å²) >= 11 is 0. The molecule has 3 heterocycles. The average Bonchev–Trinajstić information content (AvgIpc) is 3.77. The second kappa shape index (κ2) is 12.1. The standard InChI is InChI=1S/C50H32N4/c1-4-14-34(15-5-1)42-32-43(35-16-6-2-7-17-35)52-50(51-42)36-25-24-33-26-27-39(31-37(33)30-36)54-45-23-13-11-21-41(45)49-47(54)29-28-46-48(49)40-20-10-12-22-44(40)53(46)38-18-8-3-9-19-38/h1-32H.